The Hall–Kier alpha value is -2.49. The summed E-state index contributed by atoms with van der Waals surface area (Å²) in [5.41, 5.74) is 1.46. The number of carbonyl (C=O) groups is 1. The number of ether oxygens (including phenoxy) is 2. The highest BCUT2D eigenvalue weighted by atomic mass is 79.9. The number of hydrogen-bond donors (Lipinski definition) is 2. The van der Waals surface area contributed by atoms with E-state index in [0.717, 1.165) is 36.0 Å². The summed E-state index contributed by atoms with van der Waals surface area (Å²) in [5, 5.41) is 17.5. The molecule has 2 N–H and O–H groups in total. The molecule has 0 radical (unpaired) electrons. The lowest BCUT2D eigenvalue weighted by Crippen LogP contribution is -2.00. The molecule has 2 aromatic carbocycles. The summed E-state index contributed by atoms with van der Waals surface area (Å²) in [5.74, 6) is 0.595. The van der Waals surface area contributed by atoms with E-state index in [-0.39, 0.29) is 11.5 Å². The van der Waals surface area contributed by atoms with Gasteiger partial charge in [0.2, 0.25) is 5.16 Å². The average Bonchev–Trinajstić information content (AvgIpc) is 3.20. The van der Waals surface area contributed by atoms with Gasteiger partial charge in [0, 0.05) is 17.0 Å². The van der Waals surface area contributed by atoms with Crippen molar-refractivity contribution < 1.29 is 19.4 Å². The Morgan fingerprint density at radius 3 is 2.81 bits per heavy atom. The number of carboxylic acid groups (broad SMARTS) is 1. The van der Waals surface area contributed by atoms with Gasteiger partial charge in [0.05, 0.1) is 11.6 Å². The molecule has 0 saturated heterocycles. The molecule has 10 heteroatoms. The molecule has 0 unspecified atom stereocenters. The van der Waals surface area contributed by atoms with Crippen LogP contribution < -0.4 is 9.47 Å². The van der Waals surface area contributed by atoms with Crippen LogP contribution in [0, 0.1) is 0 Å². The first kappa shape index (κ1) is 24.2. The summed E-state index contributed by atoms with van der Waals surface area (Å²) in [6.07, 6.45) is 3.20. The second-order valence-corrected chi connectivity index (χ2v) is 8.92. The molecule has 0 aliphatic heterocycles. The lowest BCUT2D eigenvalue weighted by Gasteiger charge is -2.14. The van der Waals surface area contributed by atoms with Crippen molar-refractivity contribution in [3.05, 3.63) is 67.7 Å². The molecule has 1 heterocycles. The maximum Gasteiger partial charge on any atom is 0.342 e. The molecule has 0 atom stereocenters. The minimum absolute atomic E-state index is 0.0748. The largest absolute Gasteiger partial charge is 0.493 e. The number of halogens is 2. The maximum absolute atomic E-state index is 11.8. The van der Waals surface area contributed by atoms with E-state index in [9.17, 15) is 9.90 Å². The Balaban J connectivity index is 1.84. The van der Waals surface area contributed by atoms with Crippen LogP contribution in [0.2, 0.25) is 5.02 Å². The molecule has 0 amide bonds. The van der Waals surface area contributed by atoms with Gasteiger partial charge >= 0.3 is 5.97 Å². The van der Waals surface area contributed by atoms with Crippen LogP contribution in [0.1, 0.15) is 30.3 Å². The summed E-state index contributed by atoms with van der Waals surface area (Å²) < 4.78 is 12.0. The van der Waals surface area contributed by atoms with E-state index < -0.39 is 5.97 Å². The zero-order valence-corrected chi connectivity index (χ0v) is 20.6. The van der Waals surface area contributed by atoms with Gasteiger partial charge in [0.15, 0.2) is 11.5 Å². The second kappa shape index (κ2) is 11.4. The van der Waals surface area contributed by atoms with Gasteiger partial charge in [-0.05, 0) is 64.0 Å². The van der Waals surface area contributed by atoms with Gasteiger partial charge in [-0.25, -0.2) is 9.78 Å². The highest BCUT2D eigenvalue weighted by molar-refractivity contribution is 9.10. The second-order valence-electron chi connectivity index (χ2n) is 6.64. The molecule has 168 valence electrons. The number of carboxylic acids is 1. The smallest absolute Gasteiger partial charge is 0.342 e. The first-order valence-electron chi connectivity index (χ1n) is 9.69. The minimum atomic E-state index is -1.08. The van der Waals surface area contributed by atoms with E-state index >= 15 is 0 Å². The fraction of sp³-hybridized carbons (Fsp3) is 0.227. The monoisotopic (exact) mass is 537 g/mol. The van der Waals surface area contributed by atoms with Crippen molar-refractivity contribution in [3.8, 4) is 11.5 Å². The van der Waals surface area contributed by atoms with Crippen LogP contribution in [-0.4, -0.2) is 33.4 Å². The van der Waals surface area contributed by atoms with Crippen LogP contribution >= 0.6 is 39.3 Å². The molecule has 0 aliphatic carbocycles. The zero-order valence-electron chi connectivity index (χ0n) is 17.4. The number of rotatable bonds is 10. The van der Waals surface area contributed by atoms with Crippen molar-refractivity contribution in [2.75, 3.05) is 7.11 Å². The third kappa shape index (κ3) is 6.27. The summed E-state index contributed by atoms with van der Waals surface area (Å²) in [6.45, 7) is 2.29. The van der Waals surface area contributed by atoms with Crippen LogP contribution in [0.4, 0.5) is 0 Å². The van der Waals surface area contributed by atoms with Gasteiger partial charge in [-0.1, -0.05) is 36.7 Å². The number of aliphatic carboxylic acids is 1. The normalized spacial score (nSPS) is 11.4. The van der Waals surface area contributed by atoms with Gasteiger partial charge in [0.1, 0.15) is 17.3 Å². The lowest BCUT2D eigenvalue weighted by molar-refractivity contribution is -0.131. The number of aromatic amines is 1. The fourth-order valence-electron chi connectivity index (χ4n) is 2.79. The van der Waals surface area contributed by atoms with Crippen LogP contribution in [0.15, 0.2) is 50.9 Å². The Morgan fingerprint density at radius 1 is 1.34 bits per heavy atom. The Kier molecular flexibility index (Phi) is 8.60. The molecule has 0 spiro atoms. The number of nitrogens with zero attached hydrogens (tertiary/aromatic N) is 2. The number of H-pyrrole nitrogens is 1. The van der Waals surface area contributed by atoms with E-state index in [2.05, 4.69) is 31.1 Å². The number of nitrogens with one attached hydrogen (secondary N) is 1. The van der Waals surface area contributed by atoms with Crippen molar-refractivity contribution in [3.63, 3.8) is 0 Å². The SMILES string of the molecule is CCCc1nc(S/C(=C\c2cc(Br)c(OCc3ccccc3Cl)c(OC)c2)C(=O)O)n[nH]1. The lowest BCUT2D eigenvalue weighted by atomic mass is 10.2. The van der Waals surface area contributed by atoms with Gasteiger partial charge in [-0.2, -0.15) is 0 Å². The first-order chi connectivity index (χ1) is 15.4. The number of hydrogen-bond acceptors (Lipinski definition) is 6. The summed E-state index contributed by atoms with van der Waals surface area (Å²) in [7, 11) is 1.52. The Bertz CT molecular complexity index is 1140. The maximum atomic E-state index is 11.8. The summed E-state index contributed by atoms with van der Waals surface area (Å²) in [4.78, 5) is 16.2. The van der Waals surface area contributed by atoms with Crippen molar-refractivity contribution in [2.45, 2.75) is 31.5 Å². The van der Waals surface area contributed by atoms with Crippen molar-refractivity contribution in [2.24, 2.45) is 0 Å². The molecular weight excluding hydrogens is 518 g/mol. The first-order valence-corrected chi connectivity index (χ1v) is 11.7. The summed E-state index contributed by atoms with van der Waals surface area (Å²) >= 11 is 10.7. The van der Waals surface area contributed by atoms with Gasteiger partial charge in [-0.15, -0.1) is 5.10 Å². The third-order valence-electron chi connectivity index (χ3n) is 4.29. The quantitative estimate of drug-likeness (QED) is 0.242. The Labute approximate surface area is 203 Å². The van der Waals surface area contributed by atoms with Crippen molar-refractivity contribution >= 4 is 51.3 Å². The molecule has 0 saturated carbocycles. The van der Waals surface area contributed by atoms with Crippen LogP contribution in [0.5, 0.6) is 11.5 Å². The highest BCUT2D eigenvalue weighted by Gasteiger charge is 2.16. The van der Waals surface area contributed by atoms with Crippen molar-refractivity contribution in [1.82, 2.24) is 15.2 Å². The molecule has 3 aromatic rings. The number of thioether (sulfide) groups is 1. The molecule has 0 bridgehead atoms. The summed E-state index contributed by atoms with van der Waals surface area (Å²) in [6, 6.07) is 10.9. The fourth-order valence-corrected chi connectivity index (χ4v) is 4.28. The van der Waals surface area contributed by atoms with E-state index in [1.54, 1.807) is 18.2 Å². The third-order valence-corrected chi connectivity index (χ3v) is 6.12. The topological polar surface area (TPSA) is 97.3 Å². The minimum Gasteiger partial charge on any atom is -0.493 e. The zero-order chi connectivity index (χ0) is 23.1. The number of aromatic nitrogens is 3. The molecule has 1 aromatic heterocycles. The molecule has 3 rings (SSSR count). The number of aryl methyl sites for hydroxylation is 1. The molecule has 0 fully saturated rings. The van der Waals surface area contributed by atoms with E-state index in [4.69, 9.17) is 21.1 Å². The predicted octanol–water partition coefficient (Wildman–Crippen LogP) is 5.98. The van der Waals surface area contributed by atoms with Gasteiger partial charge in [-0.3, -0.25) is 5.10 Å². The van der Waals surface area contributed by atoms with E-state index in [1.165, 1.54) is 13.2 Å². The molecule has 0 aliphatic rings. The molecular formula is C22H21BrClN3O4S. The van der Waals surface area contributed by atoms with Crippen molar-refractivity contribution in [1.29, 1.82) is 0 Å². The Morgan fingerprint density at radius 2 is 2.12 bits per heavy atom. The predicted molar refractivity (Wildman–Crippen MR) is 128 cm³/mol. The standard InChI is InChI=1S/C22H21BrClN3O4S/c1-3-6-19-25-22(27-26-19)32-18(21(28)29)11-13-9-15(23)20(17(10-13)30-2)31-12-14-7-4-5-8-16(14)24/h4-5,7-11H,3,6,12H2,1-2H3,(H,28,29)(H,25,26,27)/b18-11-. The van der Waals surface area contributed by atoms with Gasteiger partial charge in [0.25, 0.3) is 0 Å². The van der Waals surface area contributed by atoms with E-state index in [1.807, 2.05) is 25.1 Å². The molecule has 7 nitrogen and oxygen atoms in total. The van der Waals surface area contributed by atoms with Crippen LogP contribution in [0.25, 0.3) is 6.08 Å². The number of benzene rings is 2. The average molecular weight is 539 g/mol. The van der Waals surface area contributed by atoms with E-state index in [0.29, 0.717) is 31.7 Å². The highest BCUT2D eigenvalue weighted by Crippen LogP contribution is 2.39. The molecule has 32 heavy (non-hydrogen) atoms. The van der Waals surface area contributed by atoms with Crippen LogP contribution in [-0.2, 0) is 17.8 Å². The van der Waals surface area contributed by atoms with Gasteiger partial charge < -0.3 is 14.6 Å². The van der Waals surface area contributed by atoms with Crippen LogP contribution in [0.3, 0.4) is 0 Å². The number of methoxy groups -OCH3 is 1.